The number of fused-ring (bicyclic) bond motifs is 2. The summed E-state index contributed by atoms with van der Waals surface area (Å²) in [6.07, 6.45) is 0.331. The van der Waals surface area contributed by atoms with Crippen LogP contribution < -0.4 is 20.8 Å². The van der Waals surface area contributed by atoms with Gasteiger partial charge < -0.3 is 10.1 Å². The number of hydrogen-bond acceptors (Lipinski definition) is 3. The van der Waals surface area contributed by atoms with Gasteiger partial charge in [-0.3, -0.25) is 10.1 Å². The average Bonchev–Trinajstić information content (AvgIpc) is 2.83. The molecule has 24 heavy (non-hydrogen) atoms. The molecule has 3 amide bonds. The summed E-state index contributed by atoms with van der Waals surface area (Å²) in [7, 11) is 1.95. The van der Waals surface area contributed by atoms with Gasteiger partial charge in [0, 0.05) is 12.0 Å². The fourth-order valence-corrected chi connectivity index (χ4v) is 3.70. The van der Waals surface area contributed by atoms with Crippen molar-refractivity contribution in [2.45, 2.75) is 24.5 Å². The summed E-state index contributed by atoms with van der Waals surface area (Å²) in [5.74, 6) is 0.292. The van der Waals surface area contributed by atoms with Gasteiger partial charge in [-0.2, -0.15) is 0 Å². The van der Waals surface area contributed by atoms with Gasteiger partial charge in [0.1, 0.15) is 19.2 Å². The molecule has 120 valence electrons. The monoisotopic (exact) mass is 320 g/mol. The van der Waals surface area contributed by atoms with Crippen LogP contribution in [-0.2, 0) is 15.9 Å². The van der Waals surface area contributed by atoms with Gasteiger partial charge in [0.25, 0.3) is 5.91 Å². The second-order valence-electron chi connectivity index (χ2n) is 6.69. The number of carbonyl (C=O) groups excluding carboxylic acids is 2. The number of amides is 3. The Balaban J connectivity index is 1.92. The number of benzene rings is 2. The lowest BCUT2D eigenvalue weighted by Gasteiger charge is -2.44. The Morgan fingerprint density at radius 2 is 1.88 bits per heavy atom. The summed E-state index contributed by atoms with van der Waals surface area (Å²) in [6, 6.07) is 15.0. The quantitative estimate of drug-likeness (QED) is 0.600. The van der Waals surface area contributed by atoms with Crippen LogP contribution in [0.25, 0.3) is 0 Å². The van der Waals surface area contributed by atoms with E-state index in [-0.39, 0.29) is 5.91 Å². The number of carbonyl (C=O) groups is 2. The first-order valence-electron chi connectivity index (χ1n) is 7.92. The lowest BCUT2D eigenvalue weighted by Crippen LogP contribution is -2.53. The van der Waals surface area contributed by atoms with Crippen LogP contribution >= 0.6 is 0 Å². The van der Waals surface area contributed by atoms with Gasteiger partial charge in [0.15, 0.2) is 5.54 Å². The van der Waals surface area contributed by atoms with Crippen LogP contribution in [0.2, 0.25) is 0 Å². The van der Waals surface area contributed by atoms with Crippen molar-refractivity contribution in [3.63, 3.8) is 0 Å². The largest absolute Gasteiger partial charge is 0.482 e. The maximum Gasteiger partial charge on any atom is 0.322 e. The molecular formula is C18H17BN2O3. The number of imide groups is 1. The minimum Gasteiger partial charge on any atom is -0.482 e. The molecule has 0 bridgehead atoms. The van der Waals surface area contributed by atoms with Crippen molar-refractivity contribution in [1.82, 2.24) is 10.6 Å². The van der Waals surface area contributed by atoms with E-state index >= 15 is 0 Å². The molecule has 2 aliphatic rings. The van der Waals surface area contributed by atoms with Crippen LogP contribution in [0.5, 0.6) is 5.75 Å². The molecule has 2 aromatic carbocycles. The van der Waals surface area contributed by atoms with E-state index in [2.05, 4.69) is 10.6 Å². The number of hydrogen-bond donors (Lipinski definition) is 2. The van der Waals surface area contributed by atoms with Crippen molar-refractivity contribution in [3.8, 4) is 5.75 Å². The SMILES string of the molecule is Bc1ccc2c(c1)C1(CC(C)(c3ccccc3)O2)NC(=O)NC1=O. The summed E-state index contributed by atoms with van der Waals surface area (Å²) in [5.41, 5.74) is 0.845. The smallest absolute Gasteiger partial charge is 0.322 e. The minimum absolute atomic E-state index is 0.329. The number of ether oxygens (including phenoxy) is 1. The fourth-order valence-electron chi connectivity index (χ4n) is 3.70. The molecule has 1 fully saturated rings. The number of nitrogens with one attached hydrogen (secondary N) is 2. The molecule has 2 aliphatic heterocycles. The Morgan fingerprint density at radius 1 is 1.12 bits per heavy atom. The topological polar surface area (TPSA) is 67.4 Å². The maximum absolute atomic E-state index is 12.7. The molecule has 2 unspecified atom stereocenters. The molecule has 2 N–H and O–H groups in total. The van der Waals surface area contributed by atoms with E-state index in [0.717, 1.165) is 11.0 Å². The highest BCUT2D eigenvalue weighted by Crippen LogP contribution is 2.48. The molecular weight excluding hydrogens is 303 g/mol. The molecule has 0 aromatic heterocycles. The molecule has 0 saturated carbocycles. The van der Waals surface area contributed by atoms with E-state index in [4.69, 9.17) is 4.74 Å². The van der Waals surface area contributed by atoms with Crippen molar-refractivity contribution in [2.75, 3.05) is 0 Å². The van der Waals surface area contributed by atoms with Crippen LogP contribution in [0.4, 0.5) is 4.79 Å². The van der Waals surface area contributed by atoms with Gasteiger partial charge in [-0.25, -0.2) is 4.79 Å². The Bertz CT molecular complexity index is 855. The van der Waals surface area contributed by atoms with Crippen LogP contribution in [0, 0.1) is 0 Å². The standard InChI is InChI=1S/C18H17BN2O3/c1-17(11-5-3-2-4-6-11)10-18(15(22)20-16(23)21-18)13-9-12(19)7-8-14(13)24-17/h2-9H,10,19H2,1H3,(H2,20,21,22,23). The molecule has 1 saturated heterocycles. The first kappa shape index (κ1) is 14.8. The zero-order chi connectivity index (χ0) is 16.9. The van der Waals surface area contributed by atoms with E-state index in [1.807, 2.05) is 63.3 Å². The lowest BCUT2D eigenvalue weighted by molar-refractivity contribution is -0.128. The summed E-state index contributed by atoms with van der Waals surface area (Å²) >= 11 is 0. The number of urea groups is 1. The van der Waals surface area contributed by atoms with Gasteiger partial charge in [0.2, 0.25) is 0 Å². The summed E-state index contributed by atoms with van der Waals surface area (Å²) in [5, 5.41) is 5.23. The first-order chi connectivity index (χ1) is 11.4. The average molecular weight is 320 g/mol. The van der Waals surface area contributed by atoms with Crippen molar-refractivity contribution >= 4 is 25.2 Å². The predicted octanol–water partition coefficient (Wildman–Crippen LogP) is 0.678. The Morgan fingerprint density at radius 3 is 2.54 bits per heavy atom. The molecule has 2 aromatic rings. The highest BCUT2D eigenvalue weighted by Gasteiger charge is 2.56. The molecule has 2 atom stereocenters. The molecule has 6 heteroatoms. The van der Waals surface area contributed by atoms with Gasteiger partial charge in [0.05, 0.1) is 0 Å². The lowest BCUT2D eigenvalue weighted by atomic mass is 9.73. The maximum atomic E-state index is 12.7. The van der Waals surface area contributed by atoms with Gasteiger partial charge in [-0.05, 0) is 18.6 Å². The van der Waals surface area contributed by atoms with E-state index in [1.54, 1.807) is 0 Å². The van der Waals surface area contributed by atoms with Gasteiger partial charge in [-0.15, -0.1) is 0 Å². The highest BCUT2D eigenvalue weighted by molar-refractivity contribution is 6.32. The normalized spacial score (nSPS) is 28.0. The van der Waals surface area contributed by atoms with E-state index < -0.39 is 17.2 Å². The summed E-state index contributed by atoms with van der Waals surface area (Å²) in [4.78, 5) is 24.6. The number of rotatable bonds is 1. The molecule has 1 spiro atoms. The third kappa shape index (κ3) is 2.03. The molecule has 2 heterocycles. The second-order valence-corrected chi connectivity index (χ2v) is 6.69. The van der Waals surface area contributed by atoms with Crippen LogP contribution in [-0.4, -0.2) is 19.8 Å². The minimum atomic E-state index is -1.11. The van der Waals surface area contributed by atoms with Crippen molar-refractivity contribution in [1.29, 1.82) is 0 Å². The van der Waals surface area contributed by atoms with Crippen LogP contribution in [0.1, 0.15) is 24.5 Å². The van der Waals surface area contributed by atoms with Crippen molar-refractivity contribution in [3.05, 3.63) is 59.7 Å². The fraction of sp³-hybridized carbons (Fsp3) is 0.222. The Labute approximate surface area is 140 Å². The van der Waals surface area contributed by atoms with E-state index in [9.17, 15) is 9.59 Å². The zero-order valence-corrected chi connectivity index (χ0v) is 13.6. The molecule has 0 aliphatic carbocycles. The highest BCUT2D eigenvalue weighted by atomic mass is 16.5. The Kier molecular flexibility index (Phi) is 3.00. The second kappa shape index (κ2) is 4.87. The van der Waals surface area contributed by atoms with Gasteiger partial charge in [-0.1, -0.05) is 47.9 Å². The van der Waals surface area contributed by atoms with Crippen molar-refractivity contribution < 1.29 is 14.3 Å². The molecule has 5 nitrogen and oxygen atoms in total. The van der Waals surface area contributed by atoms with E-state index in [0.29, 0.717) is 17.7 Å². The molecule has 0 radical (unpaired) electrons. The van der Waals surface area contributed by atoms with Gasteiger partial charge >= 0.3 is 6.03 Å². The zero-order valence-electron chi connectivity index (χ0n) is 13.6. The third-order valence-corrected chi connectivity index (χ3v) is 4.86. The first-order valence-corrected chi connectivity index (χ1v) is 7.92. The summed E-state index contributed by atoms with van der Waals surface area (Å²) < 4.78 is 6.30. The van der Waals surface area contributed by atoms with E-state index in [1.165, 1.54) is 0 Å². The summed E-state index contributed by atoms with van der Waals surface area (Å²) in [6.45, 7) is 1.95. The Hall–Kier alpha value is -2.76. The van der Waals surface area contributed by atoms with Crippen LogP contribution in [0.3, 0.4) is 0 Å². The molecule has 4 rings (SSSR count). The predicted molar refractivity (Wildman–Crippen MR) is 92.0 cm³/mol. The van der Waals surface area contributed by atoms with Crippen LogP contribution in [0.15, 0.2) is 48.5 Å². The third-order valence-electron chi connectivity index (χ3n) is 4.86. The van der Waals surface area contributed by atoms with Crippen molar-refractivity contribution in [2.24, 2.45) is 0 Å².